The Morgan fingerprint density at radius 2 is 2.25 bits per heavy atom. The second-order valence-corrected chi connectivity index (χ2v) is 5.43. The number of hydrogen-bond acceptors (Lipinski definition) is 7. The van der Waals surface area contributed by atoms with Crippen LogP contribution in [-0.2, 0) is 15.5 Å². The molecule has 1 aromatic heterocycles. The molecule has 9 heteroatoms. The molecule has 0 saturated carbocycles. The molecule has 0 fully saturated rings. The van der Waals surface area contributed by atoms with E-state index in [-0.39, 0.29) is 17.2 Å². The second kappa shape index (κ2) is 7.53. The number of hydrogen-bond donors (Lipinski definition) is 1. The lowest BCUT2D eigenvalue weighted by Crippen LogP contribution is -2.12. The summed E-state index contributed by atoms with van der Waals surface area (Å²) in [6, 6.07) is 2.43. The monoisotopic (exact) mass is 301 g/mol. The van der Waals surface area contributed by atoms with E-state index < -0.39 is 21.7 Å². The van der Waals surface area contributed by atoms with Crippen LogP contribution in [-0.4, -0.2) is 45.7 Å². The Labute approximate surface area is 118 Å². The fourth-order valence-corrected chi connectivity index (χ4v) is 1.98. The molecule has 0 radical (unpaired) electrons. The van der Waals surface area contributed by atoms with E-state index in [0.717, 1.165) is 0 Å². The zero-order valence-electron chi connectivity index (χ0n) is 11.1. The van der Waals surface area contributed by atoms with Gasteiger partial charge in [-0.3, -0.25) is 14.3 Å². The minimum Gasteiger partial charge on any atom is -0.464 e. The van der Waals surface area contributed by atoms with Crippen molar-refractivity contribution in [1.29, 1.82) is 0 Å². The summed E-state index contributed by atoms with van der Waals surface area (Å²) in [7, 11) is 0.284. The highest BCUT2D eigenvalue weighted by Gasteiger charge is 2.18. The SMILES string of the molecule is COC(=O)c1ccc([N+](=O)[O-])c(NCCCS(C)=O)n1. The first kappa shape index (κ1) is 16.0. The molecule has 8 nitrogen and oxygen atoms in total. The van der Waals surface area contributed by atoms with E-state index in [1.165, 1.54) is 19.2 Å². The summed E-state index contributed by atoms with van der Waals surface area (Å²) in [6.45, 7) is 0.373. The van der Waals surface area contributed by atoms with Crippen LogP contribution in [0.3, 0.4) is 0 Å². The van der Waals surface area contributed by atoms with Crippen LogP contribution in [0.1, 0.15) is 16.9 Å². The number of pyridine rings is 1. The number of esters is 1. The Morgan fingerprint density at radius 3 is 2.80 bits per heavy atom. The van der Waals surface area contributed by atoms with Crippen LogP contribution in [0.5, 0.6) is 0 Å². The zero-order chi connectivity index (χ0) is 15.1. The Morgan fingerprint density at radius 1 is 1.55 bits per heavy atom. The third-order valence-electron chi connectivity index (χ3n) is 2.37. The summed E-state index contributed by atoms with van der Waals surface area (Å²) in [5.74, 6) is -0.185. The van der Waals surface area contributed by atoms with Crippen molar-refractivity contribution in [1.82, 2.24) is 4.98 Å². The molecule has 1 heterocycles. The Hall–Kier alpha value is -2.03. The van der Waals surface area contributed by atoms with E-state index in [2.05, 4.69) is 15.0 Å². The Kier molecular flexibility index (Phi) is 6.04. The average molecular weight is 301 g/mol. The van der Waals surface area contributed by atoms with E-state index >= 15 is 0 Å². The molecule has 0 amide bonds. The first-order valence-electron chi connectivity index (χ1n) is 5.73. The quantitative estimate of drug-likeness (QED) is 0.345. The Balaban J connectivity index is 2.86. The highest BCUT2D eigenvalue weighted by atomic mass is 32.2. The zero-order valence-corrected chi connectivity index (χ0v) is 11.9. The van der Waals surface area contributed by atoms with E-state index in [1.54, 1.807) is 6.26 Å². The molecule has 0 saturated heterocycles. The number of carbonyl (C=O) groups excluding carboxylic acids is 1. The van der Waals surface area contributed by atoms with Gasteiger partial charge in [0, 0.05) is 35.4 Å². The van der Waals surface area contributed by atoms with Gasteiger partial charge < -0.3 is 10.1 Å². The van der Waals surface area contributed by atoms with Crippen molar-refractivity contribution in [2.45, 2.75) is 6.42 Å². The fraction of sp³-hybridized carbons (Fsp3) is 0.455. The average Bonchev–Trinajstić information content (AvgIpc) is 2.42. The summed E-state index contributed by atoms with van der Waals surface area (Å²) in [4.78, 5) is 25.5. The molecular formula is C11H15N3O5S. The van der Waals surface area contributed by atoms with Gasteiger partial charge in [0.1, 0.15) is 0 Å². The lowest BCUT2D eigenvalue weighted by molar-refractivity contribution is -0.384. The minimum absolute atomic E-state index is 0.000199. The number of carbonyl (C=O) groups is 1. The van der Waals surface area contributed by atoms with Crippen LogP contribution in [0.2, 0.25) is 0 Å². The largest absolute Gasteiger partial charge is 0.464 e. The van der Waals surface area contributed by atoms with Crippen molar-refractivity contribution in [2.75, 3.05) is 31.0 Å². The molecule has 0 aliphatic heterocycles. The number of methoxy groups -OCH3 is 1. The second-order valence-electron chi connectivity index (χ2n) is 3.87. The van der Waals surface area contributed by atoms with E-state index in [4.69, 9.17) is 0 Å². The van der Waals surface area contributed by atoms with Crippen molar-refractivity contribution in [3.8, 4) is 0 Å². The molecule has 20 heavy (non-hydrogen) atoms. The molecule has 1 rings (SSSR count). The number of rotatable bonds is 7. The van der Waals surface area contributed by atoms with Gasteiger partial charge in [-0.15, -0.1) is 0 Å². The summed E-state index contributed by atoms with van der Waals surface area (Å²) in [5.41, 5.74) is -0.241. The smallest absolute Gasteiger partial charge is 0.356 e. The van der Waals surface area contributed by atoms with Crippen LogP contribution in [0.15, 0.2) is 12.1 Å². The van der Waals surface area contributed by atoms with Gasteiger partial charge in [0.15, 0.2) is 5.69 Å². The molecule has 110 valence electrons. The molecule has 1 aromatic rings. The van der Waals surface area contributed by atoms with Crippen molar-refractivity contribution >= 4 is 28.3 Å². The van der Waals surface area contributed by atoms with Gasteiger partial charge in [-0.05, 0) is 12.5 Å². The first-order chi connectivity index (χ1) is 9.45. The molecule has 1 N–H and O–H groups in total. The van der Waals surface area contributed by atoms with Crippen LogP contribution >= 0.6 is 0 Å². The summed E-state index contributed by atoms with van der Waals surface area (Å²) in [5, 5.41) is 13.6. The van der Waals surface area contributed by atoms with Gasteiger partial charge >= 0.3 is 11.7 Å². The van der Waals surface area contributed by atoms with Crippen LogP contribution in [0.4, 0.5) is 11.5 Å². The van der Waals surface area contributed by atoms with Gasteiger partial charge in [0.05, 0.1) is 12.0 Å². The standard InChI is InChI=1S/C11H15N3O5S/c1-19-11(15)8-4-5-9(14(16)17)10(13-8)12-6-3-7-20(2)18/h4-5H,3,6-7H2,1-2H3,(H,12,13). The maximum absolute atomic E-state index is 11.3. The van der Waals surface area contributed by atoms with Crippen LogP contribution in [0, 0.1) is 10.1 Å². The first-order valence-corrected chi connectivity index (χ1v) is 7.46. The molecule has 0 aliphatic carbocycles. The number of anilines is 1. The maximum Gasteiger partial charge on any atom is 0.356 e. The molecular weight excluding hydrogens is 286 g/mol. The van der Waals surface area contributed by atoms with Crippen molar-refractivity contribution in [3.05, 3.63) is 27.9 Å². The molecule has 0 aromatic carbocycles. The van der Waals surface area contributed by atoms with E-state index in [1.807, 2.05) is 0 Å². The maximum atomic E-state index is 11.3. The highest BCUT2D eigenvalue weighted by Crippen LogP contribution is 2.22. The van der Waals surface area contributed by atoms with Gasteiger partial charge in [-0.25, -0.2) is 9.78 Å². The van der Waals surface area contributed by atoms with Gasteiger partial charge in [-0.1, -0.05) is 0 Å². The van der Waals surface area contributed by atoms with Crippen molar-refractivity contribution < 1.29 is 18.7 Å². The number of nitro groups is 1. The fourth-order valence-electron chi connectivity index (χ4n) is 1.43. The topological polar surface area (TPSA) is 111 Å². The third kappa shape index (κ3) is 4.57. The predicted octanol–water partition coefficient (Wildman–Crippen LogP) is 0.957. The van der Waals surface area contributed by atoms with Crippen LogP contribution < -0.4 is 5.32 Å². The molecule has 0 bridgehead atoms. The number of nitrogens with one attached hydrogen (secondary N) is 1. The number of ether oxygens (including phenoxy) is 1. The van der Waals surface area contributed by atoms with E-state index in [9.17, 15) is 19.1 Å². The van der Waals surface area contributed by atoms with Gasteiger partial charge in [-0.2, -0.15) is 0 Å². The lowest BCUT2D eigenvalue weighted by Gasteiger charge is -2.07. The van der Waals surface area contributed by atoms with Gasteiger partial charge in [0.25, 0.3) is 0 Å². The predicted molar refractivity (Wildman–Crippen MR) is 74.3 cm³/mol. The van der Waals surface area contributed by atoms with Crippen molar-refractivity contribution in [3.63, 3.8) is 0 Å². The summed E-state index contributed by atoms with van der Waals surface area (Å²) < 4.78 is 15.4. The molecule has 1 atom stereocenters. The molecule has 1 unspecified atom stereocenters. The van der Waals surface area contributed by atoms with E-state index in [0.29, 0.717) is 18.7 Å². The van der Waals surface area contributed by atoms with Crippen molar-refractivity contribution in [2.24, 2.45) is 0 Å². The Bertz CT molecular complexity index is 535. The molecule has 0 spiro atoms. The third-order valence-corrected chi connectivity index (χ3v) is 3.23. The summed E-state index contributed by atoms with van der Waals surface area (Å²) in [6.07, 6.45) is 2.16. The number of aromatic nitrogens is 1. The number of nitrogens with zero attached hydrogens (tertiary/aromatic N) is 2. The van der Waals surface area contributed by atoms with Crippen LogP contribution in [0.25, 0.3) is 0 Å². The minimum atomic E-state index is -0.919. The highest BCUT2D eigenvalue weighted by molar-refractivity contribution is 7.84. The lowest BCUT2D eigenvalue weighted by atomic mass is 10.3. The molecule has 0 aliphatic rings. The van der Waals surface area contributed by atoms with Gasteiger partial charge in [0.2, 0.25) is 5.82 Å². The normalized spacial score (nSPS) is 11.7. The summed E-state index contributed by atoms with van der Waals surface area (Å²) >= 11 is 0.